The zero-order valence-electron chi connectivity index (χ0n) is 8.60. The highest BCUT2D eigenvalue weighted by atomic mass is 16.5. The van der Waals surface area contributed by atoms with E-state index in [2.05, 4.69) is 15.3 Å². The smallest absolute Gasteiger partial charge is 0.115 e. The van der Waals surface area contributed by atoms with E-state index in [-0.39, 0.29) is 0 Å². The van der Waals surface area contributed by atoms with Crippen molar-refractivity contribution in [1.82, 2.24) is 15.3 Å². The van der Waals surface area contributed by atoms with Crippen LogP contribution >= 0.6 is 0 Å². The Balaban J connectivity index is 1.55. The lowest BCUT2D eigenvalue weighted by molar-refractivity contribution is 0.0973. The number of nitrogens with zero attached hydrogens (tertiary/aromatic N) is 2. The molecule has 3 atom stereocenters. The van der Waals surface area contributed by atoms with Gasteiger partial charge < -0.3 is 10.1 Å². The van der Waals surface area contributed by atoms with Crippen molar-refractivity contribution < 1.29 is 4.74 Å². The van der Waals surface area contributed by atoms with Crippen molar-refractivity contribution in [2.24, 2.45) is 0 Å². The Hall–Kier alpha value is -1.00. The summed E-state index contributed by atoms with van der Waals surface area (Å²) < 4.78 is 5.78. The lowest BCUT2D eigenvalue weighted by Gasteiger charge is -2.19. The first kappa shape index (κ1) is 9.24. The van der Waals surface area contributed by atoms with Gasteiger partial charge in [0.15, 0.2) is 0 Å². The Labute approximate surface area is 89.1 Å². The van der Waals surface area contributed by atoms with Crippen LogP contribution in [-0.4, -0.2) is 28.2 Å². The van der Waals surface area contributed by atoms with Crippen molar-refractivity contribution in [3.63, 3.8) is 0 Å². The SMILES string of the molecule is c1ncc(CNC2CC3CCC2O3)cn1. The van der Waals surface area contributed by atoms with Crippen LogP contribution < -0.4 is 5.32 Å². The number of ether oxygens (including phenoxy) is 1. The molecule has 0 radical (unpaired) electrons. The fraction of sp³-hybridized carbons (Fsp3) is 0.636. The average Bonchev–Trinajstić information content (AvgIpc) is 2.89. The zero-order valence-corrected chi connectivity index (χ0v) is 8.60. The van der Waals surface area contributed by atoms with E-state index in [1.807, 2.05) is 12.4 Å². The molecule has 0 aliphatic carbocycles. The lowest BCUT2D eigenvalue weighted by Crippen LogP contribution is -2.37. The van der Waals surface area contributed by atoms with Gasteiger partial charge in [-0.2, -0.15) is 0 Å². The van der Waals surface area contributed by atoms with Crippen LogP contribution in [0.5, 0.6) is 0 Å². The standard InChI is InChI=1S/C11H15N3O/c1-2-11-10(3-9(1)15-11)14-6-8-4-12-7-13-5-8/h4-5,7,9-11,14H,1-3,6H2. The van der Waals surface area contributed by atoms with E-state index >= 15 is 0 Å². The fourth-order valence-corrected chi connectivity index (χ4v) is 2.52. The van der Waals surface area contributed by atoms with Crippen LogP contribution in [-0.2, 0) is 11.3 Å². The van der Waals surface area contributed by atoms with Crippen molar-refractivity contribution >= 4 is 0 Å². The number of nitrogens with one attached hydrogen (secondary N) is 1. The normalized spacial score (nSPS) is 33.5. The summed E-state index contributed by atoms with van der Waals surface area (Å²) in [6.07, 6.45) is 9.86. The third-order valence-electron chi connectivity index (χ3n) is 3.29. The van der Waals surface area contributed by atoms with Crippen LogP contribution in [0.15, 0.2) is 18.7 Å². The zero-order chi connectivity index (χ0) is 10.1. The molecule has 1 aromatic heterocycles. The molecule has 2 fully saturated rings. The van der Waals surface area contributed by atoms with Gasteiger partial charge in [0.25, 0.3) is 0 Å². The van der Waals surface area contributed by atoms with E-state index in [0.717, 1.165) is 12.1 Å². The first-order valence-corrected chi connectivity index (χ1v) is 5.54. The molecule has 0 aromatic carbocycles. The molecule has 4 nitrogen and oxygen atoms in total. The highest BCUT2D eigenvalue weighted by Gasteiger charge is 2.40. The first-order chi connectivity index (χ1) is 7.42. The van der Waals surface area contributed by atoms with Gasteiger partial charge >= 0.3 is 0 Å². The molecule has 0 spiro atoms. The summed E-state index contributed by atoms with van der Waals surface area (Å²) in [7, 11) is 0. The molecule has 15 heavy (non-hydrogen) atoms. The number of hydrogen-bond donors (Lipinski definition) is 1. The van der Waals surface area contributed by atoms with Gasteiger partial charge in [-0.1, -0.05) is 0 Å². The van der Waals surface area contributed by atoms with Gasteiger partial charge in [0, 0.05) is 30.5 Å². The van der Waals surface area contributed by atoms with Crippen LogP contribution in [0.1, 0.15) is 24.8 Å². The summed E-state index contributed by atoms with van der Waals surface area (Å²) in [5, 5.41) is 3.52. The Kier molecular flexibility index (Phi) is 2.38. The van der Waals surface area contributed by atoms with Crippen LogP contribution in [0.3, 0.4) is 0 Å². The molecule has 2 aliphatic rings. The number of rotatable bonds is 3. The topological polar surface area (TPSA) is 47.0 Å². The molecule has 0 saturated carbocycles. The van der Waals surface area contributed by atoms with E-state index in [4.69, 9.17) is 4.74 Å². The van der Waals surface area contributed by atoms with Crippen LogP contribution in [0.2, 0.25) is 0 Å². The minimum Gasteiger partial charge on any atom is -0.373 e. The molecule has 1 N–H and O–H groups in total. The summed E-state index contributed by atoms with van der Waals surface area (Å²) in [6, 6.07) is 0.531. The monoisotopic (exact) mass is 205 g/mol. The second-order valence-electron chi connectivity index (χ2n) is 4.34. The molecule has 2 saturated heterocycles. The van der Waals surface area contributed by atoms with Crippen LogP contribution in [0, 0.1) is 0 Å². The van der Waals surface area contributed by atoms with Gasteiger partial charge in [-0.05, 0) is 19.3 Å². The van der Waals surface area contributed by atoms with E-state index in [1.165, 1.54) is 19.3 Å². The van der Waals surface area contributed by atoms with Crippen LogP contribution in [0.25, 0.3) is 0 Å². The average molecular weight is 205 g/mol. The predicted molar refractivity (Wildman–Crippen MR) is 55.2 cm³/mol. The summed E-state index contributed by atoms with van der Waals surface area (Å²) in [5.41, 5.74) is 1.14. The van der Waals surface area contributed by atoms with Crippen molar-refractivity contribution in [2.45, 2.75) is 44.1 Å². The lowest BCUT2D eigenvalue weighted by atomic mass is 9.95. The van der Waals surface area contributed by atoms with Crippen molar-refractivity contribution in [3.05, 3.63) is 24.3 Å². The first-order valence-electron chi connectivity index (χ1n) is 5.54. The van der Waals surface area contributed by atoms with E-state index < -0.39 is 0 Å². The quantitative estimate of drug-likeness (QED) is 0.796. The molecule has 4 heteroatoms. The van der Waals surface area contributed by atoms with Gasteiger partial charge in [-0.3, -0.25) is 0 Å². The number of fused-ring (bicyclic) bond motifs is 2. The second-order valence-corrected chi connectivity index (χ2v) is 4.34. The fourth-order valence-electron chi connectivity index (χ4n) is 2.52. The molecule has 0 amide bonds. The molecule has 3 heterocycles. The minimum atomic E-state index is 0.444. The summed E-state index contributed by atoms with van der Waals surface area (Å²) in [6.45, 7) is 0.845. The van der Waals surface area contributed by atoms with Gasteiger partial charge in [0.2, 0.25) is 0 Å². The Morgan fingerprint density at radius 2 is 2.20 bits per heavy atom. The highest BCUT2D eigenvalue weighted by molar-refractivity contribution is 5.03. The van der Waals surface area contributed by atoms with Gasteiger partial charge in [0.05, 0.1) is 12.2 Å². The van der Waals surface area contributed by atoms with E-state index in [0.29, 0.717) is 18.2 Å². The Bertz CT molecular complexity index is 330. The van der Waals surface area contributed by atoms with Gasteiger partial charge in [0.1, 0.15) is 6.33 Å². The third-order valence-corrected chi connectivity index (χ3v) is 3.29. The molecule has 3 unspecified atom stereocenters. The molecule has 1 aromatic rings. The minimum absolute atomic E-state index is 0.444. The Morgan fingerprint density at radius 3 is 2.87 bits per heavy atom. The molecular formula is C11H15N3O. The maximum Gasteiger partial charge on any atom is 0.115 e. The van der Waals surface area contributed by atoms with Crippen LogP contribution in [0.4, 0.5) is 0 Å². The van der Waals surface area contributed by atoms with E-state index in [1.54, 1.807) is 6.33 Å². The van der Waals surface area contributed by atoms with Crippen molar-refractivity contribution in [3.8, 4) is 0 Å². The molecule has 2 aliphatic heterocycles. The number of aromatic nitrogens is 2. The number of hydrogen-bond acceptors (Lipinski definition) is 4. The molecule has 2 bridgehead atoms. The summed E-state index contributed by atoms with van der Waals surface area (Å²) in [4.78, 5) is 7.99. The molecule has 3 rings (SSSR count). The highest BCUT2D eigenvalue weighted by Crippen LogP contribution is 2.34. The Morgan fingerprint density at radius 1 is 1.33 bits per heavy atom. The van der Waals surface area contributed by atoms with E-state index in [9.17, 15) is 0 Å². The maximum atomic E-state index is 5.78. The summed E-state index contributed by atoms with van der Waals surface area (Å²) >= 11 is 0. The predicted octanol–water partition coefficient (Wildman–Crippen LogP) is 0.886. The molecular weight excluding hydrogens is 190 g/mol. The van der Waals surface area contributed by atoms with Gasteiger partial charge in [-0.15, -0.1) is 0 Å². The summed E-state index contributed by atoms with van der Waals surface area (Å²) in [5.74, 6) is 0. The van der Waals surface area contributed by atoms with Crippen molar-refractivity contribution in [2.75, 3.05) is 0 Å². The van der Waals surface area contributed by atoms with Gasteiger partial charge in [-0.25, -0.2) is 9.97 Å². The largest absolute Gasteiger partial charge is 0.373 e. The molecule has 80 valence electrons. The third kappa shape index (κ3) is 1.87. The second kappa shape index (κ2) is 3.87. The van der Waals surface area contributed by atoms with Crippen molar-refractivity contribution in [1.29, 1.82) is 0 Å². The maximum absolute atomic E-state index is 5.78.